The maximum atomic E-state index is 9.74. The molecule has 17 heavy (non-hydrogen) atoms. The maximum absolute atomic E-state index is 9.74. The largest absolute Gasteiger partial charge is 0.508 e. The Morgan fingerprint density at radius 1 is 1.24 bits per heavy atom. The first-order valence-corrected chi connectivity index (χ1v) is 6.41. The Morgan fingerprint density at radius 3 is 2.59 bits per heavy atom. The summed E-state index contributed by atoms with van der Waals surface area (Å²) in [5.41, 5.74) is 7.70. The monoisotopic (exact) mass is 235 g/mol. The molecular formula is C14H21NO2. The highest BCUT2D eigenvalue weighted by molar-refractivity contribution is 5.39. The molecule has 0 radical (unpaired) electrons. The topological polar surface area (TPSA) is 66.5 Å². The fourth-order valence-electron chi connectivity index (χ4n) is 2.66. The van der Waals surface area contributed by atoms with Crippen LogP contribution in [-0.2, 0) is 0 Å². The van der Waals surface area contributed by atoms with Crippen LogP contribution in [0.4, 0.5) is 0 Å². The van der Waals surface area contributed by atoms with Crippen LogP contribution in [0.1, 0.15) is 55.2 Å². The highest BCUT2D eigenvalue weighted by Gasteiger charge is 2.18. The van der Waals surface area contributed by atoms with Crippen LogP contribution >= 0.6 is 0 Å². The number of aliphatic hydroxyl groups is 1. The minimum Gasteiger partial charge on any atom is -0.508 e. The van der Waals surface area contributed by atoms with E-state index in [0.717, 1.165) is 0 Å². The van der Waals surface area contributed by atoms with Gasteiger partial charge >= 0.3 is 0 Å². The minimum atomic E-state index is -0.487. The van der Waals surface area contributed by atoms with Gasteiger partial charge in [-0.15, -0.1) is 0 Å². The molecule has 2 rings (SSSR count). The van der Waals surface area contributed by atoms with Crippen molar-refractivity contribution in [3.63, 3.8) is 0 Å². The quantitative estimate of drug-likeness (QED) is 0.753. The molecule has 0 aliphatic heterocycles. The summed E-state index contributed by atoms with van der Waals surface area (Å²) in [4.78, 5) is 0. The van der Waals surface area contributed by atoms with Gasteiger partial charge in [0.25, 0.3) is 0 Å². The Kier molecular flexibility index (Phi) is 4.02. The van der Waals surface area contributed by atoms with Gasteiger partial charge < -0.3 is 15.9 Å². The van der Waals surface area contributed by atoms with Gasteiger partial charge in [0, 0.05) is 5.56 Å². The van der Waals surface area contributed by atoms with Crippen LogP contribution in [0.25, 0.3) is 0 Å². The number of hydrogen-bond donors (Lipinski definition) is 3. The molecule has 1 aromatic rings. The van der Waals surface area contributed by atoms with E-state index in [2.05, 4.69) is 0 Å². The summed E-state index contributed by atoms with van der Waals surface area (Å²) in [6.07, 6.45) is 6.34. The van der Waals surface area contributed by atoms with Crippen LogP contribution < -0.4 is 5.73 Å². The normalized spacial score (nSPS) is 19.2. The van der Waals surface area contributed by atoms with Crippen molar-refractivity contribution >= 4 is 0 Å². The number of aliphatic hydroxyl groups excluding tert-OH is 1. The summed E-state index contributed by atoms with van der Waals surface area (Å²) in [7, 11) is 0. The zero-order valence-electron chi connectivity index (χ0n) is 10.1. The van der Waals surface area contributed by atoms with Gasteiger partial charge in [-0.2, -0.15) is 0 Å². The Labute approximate surface area is 102 Å². The molecule has 1 fully saturated rings. The fourth-order valence-corrected chi connectivity index (χ4v) is 2.66. The average molecular weight is 235 g/mol. The standard InChI is InChI=1S/C14H21NO2/c15-13(9-16)12-8-11(6-7-14(12)17)10-4-2-1-3-5-10/h6-8,10,13,16-17H,1-5,9,15H2/t13-/m0/s1. The lowest BCUT2D eigenvalue weighted by Crippen LogP contribution is -2.15. The number of phenolic OH excluding ortho intramolecular Hbond substituents is 1. The SMILES string of the molecule is N[C@@H](CO)c1cc(C2CCCCC2)ccc1O. The van der Waals surface area contributed by atoms with Crippen LogP contribution in [0.5, 0.6) is 5.75 Å². The van der Waals surface area contributed by atoms with Crippen molar-refractivity contribution < 1.29 is 10.2 Å². The van der Waals surface area contributed by atoms with Crippen LogP contribution in [0.2, 0.25) is 0 Å². The zero-order valence-corrected chi connectivity index (χ0v) is 10.1. The molecule has 0 unspecified atom stereocenters. The lowest BCUT2D eigenvalue weighted by molar-refractivity contribution is 0.265. The second-order valence-electron chi connectivity index (χ2n) is 4.94. The zero-order chi connectivity index (χ0) is 12.3. The van der Waals surface area contributed by atoms with Gasteiger partial charge in [-0.1, -0.05) is 31.4 Å². The first-order chi connectivity index (χ1) is 8.22. The Bertz CT molecular complexity index is 372. The van der Waals surface area contributed by atoms with E-state index < -0.39 is 6.04 Å². The summed E-state index contributed by atoms with van der Waals surface area (Å²) in [6.45, 7) is -0.137. The maximum Gasteiger partial charge on any atom is 0.120 e. The predicted octanol–water partition coefficient (Wildman–Crippen LogP) is 2.43. The van der Waals surface area contributed by atoms with Gasteiger partial charge in [-0.25, -0.2) is 0 Å². The van der Waals surface area contributed by atoms with Crippen LogP contribution in [-0.4, -0.2) is 16.8 Å². The van der Waals surface area contributed by atoms with E-state index in [1.807, 2.05) is 12.1 Å². The molecule has 3 nitrogen and oxygen atoms in total. The van der Waals surface area contributed by atoms with Crippen molar-refractivity contribution in [3.8, 4) is 5.75 Å². The molecule has 1 saturated carbocycles. The molecule has 1 atom stereocenters. The molecule has 0 heterocycles. The summed E-state index contributed by atoms with van der Waals surface area (Å²) >= 11 is 0. The number of phenols is 1. The van der Waals surface area contributed by atoms with Crippen molar-refractivity contribution in [1.82, 2.24) is 0 Å². The lowest BCUT2D eigenvalue weighted by atomic mass is 9.83. The second-order valence-corrected chi connectivity index (χ2v) is 4.94. The number of benzene rings is 1. The molecule has 1 aliphatic rings. The van der Waals surface area contributed by atoms with E-state index in [0.29, 0.717) is 11.5 Å². The smallest absolute Gasteiger partial charge is 0.120 e. The Hall–Kier alpha value is -1.06. The molecular weight excluding hydrogens is 214 g/mol. The highest BCUT2D eigenvalue weighted by Crippen LogP contribution is 2.35. The number of nitrogens with two attached hydrogens (primary N) is 1. The molecule has 0 aromatic heterocycles. The highest BCUT2D eigenvalue weighted by atomic mass is 16.3. The lowest BCUT2D eigenvalue weighted by Gasteiger charge is -2.23. The number of hydrogen-bond acceptors (Lipinski definition) is 3. The molecule has 1 aliphatic carbocycles. The van der Waals surface area contributed by atoms with Gasteiger partial charge in [0.05, 0.1) is 12.6 Å². The van der Waals surface area contributed by atoms with E-state index in [1.54, 1.807) is 6.07 Å². The Morgan fingerprint density at radius 2 is 1.94 bits per heavy atom. The summed E-state index contributed by atoms with van der Waals surface area (Å²) in [6, 6.07) is 5.17. The molecule has 0 spiro atoms. The van der Waals surface area contributed by atoms with Gasteiger partial charge in [0.2, 0.25) is 0 Å². The fraction of sp³-hybridized carbons (Fsp3) is 0.571. The minimum absolute atomic E-state index is 0.137. The molecule has 1 aromatic carbocycles. The number of rotatable bonds is 3. The van der Waals surface area contributed by atoms with Crippen LogP contribution in [0, 0.1) is 0 Å². The molecule has 0 amide bonds. The van der Waals surface area contributed by atoms with E-state index in [-0.39, 0.29) is 12.4 Å². The Balaban J connectivity index is 2.23. The van der Waals surface area contributed by atoms with E-state index in [4.69, 9.17) is 10.8 Å². The van der Waals surface area contributed by atoms with Gasteiger partial charge in [-0.05, 0) is 30.4 Å². The third-order valence-electron chi connectivity index (χ3n) is 3.72. The first kappa shape index (κ1) is 12.4. The third-order valence-corrected chi connectivity index (χ3v) is 3.72. The first-order valence-electron chi connectivity index (χ1n) is 6.41. The number of aromatic hydroxyl groups is 1. The third kappa shape index (κ3) is 2.79. The molecule has 4 N–H and O–H groups in total. The van der Waals surface area contributed by atoms with Crippen molar-refractivity contribution in [2.75, 3.05) is 6.61 Å². The van der Waals surface area contributed by atoms with Crippen LogP contribution in [0.3, 0.4) is 0 Å². The predicted molar refractivity (Wildman–Crippen MR) is 67.9 cm³/mol. The second kappa shape index (κ2) is 5.52. The van der Waals surface area contributed by atoms with Crippen molar-refractivity contribution in [1.29, 1.82) is 0 Å². The molecule has 0 saturated heterocycles. The van der Waals surface area contributed by atoms with Gasteiger partial charge in [0.1, 0.15) is 5.75 Å². The van der Waals surface area contributed by atoms with Crippen molar-refractivity contribution in [2.24, 2.45) is 5.73 Å². The van der Waals surface area contributed by atoms with E-state index >= 15 is 0 Å². The summed E-state index contributed by atoms with van der Waals surface area (Å²) in [5, 5.41) is 18.8. The van der Waals surface area contributed by atoms with E-state index in [9.17, 15) is 5.11 Å². The van der Waals surface area contributed by atoms with Crippen LogP contribution in [0.15, 0.2) is 18.2 Å². The average Bonchev–Trinajstić information content (AvgIpc) is 2.39. The molecule has 0 bridgehead atoms. The van der Waals surface area contributed by atoms with Crippen molar-refractivity contribution in [2.45, 2.75) is 44.1 Å². The van der Waals surface area contributed by atoms with Gasteiger partial charge in [-0.3, -0.25) is 0 Å². The van der Waals surface area contributed by atoms with E-state index in [1.165, 1.54) is 37.7 Å². The molecule has 94 valence electrons. The molecule has 3 heteroatoms. The summed E-state index contributed by atoms with van der Waals surface area (Å²) < 4.78 is 0. The van der Waals surface area contributed by atoms with Crippen molar-refractivity contribution in [3.05, 3.63) is 29.3 Å². The summed E-state index contributed by atoms with van der Waals surface area (Å²) in [5.74, 6) is 0.778. The van der Waals surface area contributed by atoms with Gasteiger partial charge in [0.15, 0.2) is 0 Å².